The summed E-state index contributed by atoms with van der Waals surface area (Å²) in [6.07, 6.45) is 0. The first-order chi connectivity index (χ1) is 10.9. The Bertz CT molecular complexity index is 818. The molecule has 0 aromatic heterocycles. The summed E-state index contributed by atoms with van der Waals surface area (Å²) in [7, 11) is -1.09. The van der Waals surface area contributed by atoms with Gasteiger partial charge in [0.2, 0.25) is 0 Å². The van der Waals surface area contributed by atoms with Gasteiger partial charge >= 0.3 is 5.97 Å². The summed E-state index contributed by atoms with van der Waals surface area (Å²) in [6, 6.07) is 10.0. The number of ether oxygens (including phenoxy) is 2. The molecule has 0 saturated heterocycles. The quantitative estimate of drug-likeness (QED) is 0.834. The zero-order chi connectivity index (χ0) is 17.0. The van der Waals surface area contributed by atoms with Crippen LogP contribution in [0.4, 0.5) is 5.69 Å². The standard InChI is InChI=1S/C15H14ClNO5S/c1-21-14-8-7-12(9-13(14)16)23(19,20)17-11-5-3-10(4-6-11)15(18)22-2/h3-9,17H,1-2H3. The predicted octanol–water partition coefficient (Wildman–Crippen LogP) is 2.94. The lowest BCUT2D eigenvalue weighted by Gasteiger charge is -2.10. The van der Waals surface area contributed by atoms with Crippen molar-refractivity contribution in [2.75, 3.05) is 18.9 Å². The van der Waals surface area contributed by atoms with Crippen molar-refractivity contribution in [2.45, 2.75) is 4.90 Å². The SMILES string of the molecule is COC(=O)c1ccc(NS(=O)(=O)c2ccc(OC)c(Cl)c2)cc1. The second-order valence-electron chi connectivity index (χ2n) is 4.47. The Morgan fingerprint density at radius 3 is 2.26 bits per heavy atom. The highest BCUT2D eigenvalue weighted by Gasteiger charge is 2.16. The summed E-state index contributed by atoms with van der Waals surface area (Å²) < 4.78 is 36.6. The highest BCUT2D eigenvalue weighted by Crippen LogP contribution is 2.27. The Balaban J connectivity index is 2.24. The summed E-state index contributed by atoms with van der Waals surface area (Å²) in [5.41, 5.74) is 0.632. The van der Waals surface area contributed by atoms with E-state index in [2.05, 4.69) is 9.46 Å². The van der Waals surface area contributed by atoms with E-state index in [0.717, 1.165) is 0 Å². The molecule has 0 unspecified atom stereocenters. The van der Waals surface area contributed by atoms with Crippen molar-refractivity contribution < 1.29 is 22.7 Å². The zero-order valence-corrected chi connectivity index (χ0v) is 13.9. The number of halogens is 1. The van der Waals surface area contributed by atoms with Crippen LogP contribution in [0.2, 0.25) is 5.02 Å². The maximum Gasteiger partial charge on any atom is 0.337 e. The van der Waals surface area contributed by atoms with E-state index in [9.17, 15) is 13.2 Å². The molecule has 0 fully saturated rings. The van der Waals surface area contributed by atoms with E-state index >= 15 is 0 Å². The van der Waals surface area contributed by atoms with Crippen molar-refractivity contribution in [2.24, 2.45) is 0 Å². The third-order valence-corrected chi connectivity index (χ3v) is 4.67. The van der Waals surface area contributed by atoms with E-state index in [1.807, 2.05) is 0 Å². The molecule has 0 aliphatic rings. The van der Waals surface area contributed by atoms with Gasteiger partial charge in [-0.2, -0.15) is 0 Å². The van der Waals surface area contributed by atoms with Crippen LogP contribution in [0.1, 0.15) is 10.4 Å². The molecule has 23 heavy (non-hydrogen) atoms. The number of nitrogens with one attached hydrogen (secondary N) is 1. The van der Waals surface area contributed by atoms with Crippen LogP contribution < -0.4 is 9.46 Å². The van der Waals surface area contributed by atoms with E-state index in [1.54, 1.807) is 0 Å². The molecule has 122 valence electrons. The highest BCUT2D eigenvalue weighted by atomic mass is 35.5. The minimum atomic E-state index is -3.81. The van der Waals surface area contributed by atoms with Gasteiger partial charge < -0.3 is 9.47 Å². The topological polar surface area (TPSA) is 81.7 Å². The molecule has 0 radical (unpaired) electrons. The van der Waals surface area contributed by atoms with E-state index in [0.29, 0.717) is 17.0 Å². The molecule has 0 heterocycles. The Labute approximate surface area is 139 Å². The molecular formula is C15H14ClNO5S. The molecule has 0 aliphatic carbocycles. The van der Waals surface area contributed by atoms with Gasteiger partial charge in [-0.15, -0.1) is 0 Å². The van der Waals surface area contributed by atoms with Gasteiger partial charge in [-0.3, -0.25) is 4.72 Å². The third kappa shape index (κ3) is 3.94. The first-order valence-electron chi connectivity index (χ1n) is 6.42. The van der Waals surface area contributed by atoms with Gasteiger partial charge in [-0.25, -0.2) is 13.2 Å². The van der Waals surface area contributed by atoms with Gasteiger partial charge in [-0.05, 0) is 42.5 Å². The fourth-order valence-corrected chi connectivity index (χ4v) is 3.23. The Morgan fingerprint density at radius 2 is 1.74 bits per heavy atom. The molecule has 0 amide bonds. The van der Waals surface area contributed by atoms with Gasteiger partial charge in [0, 0.05) is 5.69 Å². The molecule has 0 bridgehead atoms. The summed E-state index contributed by atoms with van der Waals surface area (Å²) >= 11 is 5.94. The van der Waals surface area contributed by atoms with Gasteiger partial charge in [0.25, 0.3) is 10.0 Å². The van der Waals surface area contributed by atoms with Crippen LogP contribution in [-0.2, 0) is 14.8 Å². The first kappa shape index (κ1) is 17.1. The average molecular weight is 356 g/mol. The number of esters is 1. The summed E-state index contributed by atoms with van der Waals surface area (Å²) in [5.74, 6) is -0.116. The van der Waals surface area contributed by atoms with E-state index in [1.165, 1.54) is 56.7 Å². The number of carbonyl (C=O) groups excluding carboxylic acids is 1. The normalized spacial score (nSPS) is 10.9. The fourth-order valence-electron chi connectivity index (χ4n) is 1.82. The van der Waals surface area contributed by atoms with Gasteiger partial charge in [-0.1, -0.05) is 11.6 Å². The van der Waals surface area contributed by atoms with Crippen LogP contribution in [0.5, 0.6) is 5.75 Å². The summed E-state index contributed by atoms with van der Waals surface area (Å²) in [4.78, 5) is 11.3. The molecule has 2 aromatic carbocycles. The molecule has 6 nitrogen and oxygen atoms in total. The van der Waals surface area contributed by atoms with Crippen LogP contribution >= 0.6 is 11.6 Å². The van der Waals surface area contributed by atoms with E-state index < -0.39 is 16.0 Å². The maximum atomic E-state index is 12.3. The second kappa shape index (κ2) is 6.89. The lowest BCUT2D eigenvalue weighted by Crippen LogP contribution is -2.13. The van der Waals surface area contributed by atoms with E-state index in [4.69, 9.17) is 16.3 Å². The number of rotatable bonds is 5. The largest absolute Gasteiger partial charge is 0.495 e. The Kier molecular flexibility index (Phi) is 5.12. The fraction of sp³-hybridized carbons (Fsp3) is 0.133. The minimum Gasteiger partial charge on any atom is -0.495 e. The molecule has 2 aromatic rings. The molecular weight excluding hydrogens is 342 g/mol. The second-order valence-corrected chi connectivity index (χ2v) is 6.56. The third-order valence-electron chi connectivity index (χ3n) is 2.99. The smallest absolute Gasteiger partial charge is 0.337 e. The molecule has 0 spiro atoms. The zero-order valence-electron chi connectivity index (χ0n) is 12.4. The monoisotopic (exact) mass is 355 g/mol. The maximum absolute atomic E-state index is 12.3. The molecule has 2 rings (SSSR count). The van der Waals surface area contributed by atoms with Gasteiger partial charge in [0.15, 0.2) is 0 Å². The Morgan fingerprint density at radius 1 is 1.09 bits per heavy atom. The molecule has 8 heteroatoms. The lowest BCUT2D eigenvalue weighted by atomic mass is 10.2. The van der Waals surface area contributed by atoms with Crippen LogP contribution in [0.25, 0.3) is 0 Å². The number of hydrogen-bond donors (Lipinski definition) is 1. The van der Waals surface area contributed by atoms with Crippen LogP contribution in [-0.4, -0.2) is 28.6 Å². The molecule has 0 aliphatic heterocycles. The number of sulfonamides is 1. The number of benzene rings is 2. The Hall–Kier alpha value is -2.25. The highest BCUT2D eigenvalue weighted by molar-refractivity contribution is 7.92. The number of anilines is 1. The number of methoxy groups -OCH3 is 2. The first-order valence-corrected chi connectivity index (χ1v) is 8.28. The molecule has 1 N–H and O–H groups in total. The number of carbonyl (C=O) groups is 1. The lowest BCUT2D eigenvalue weighted by molar-refractivity contribution is 0.0601. The van der Waals surface area contributed by atoms with Crippen molar-refractivity contribution in [1.82, 2.24) is 0 Å². The van der Waals surface area contributed by atoms with Gasteiger partial charge in [0.1, 0.15) is 5.75 Å². The van der Waals surface area contributed by atoms with Crippen LogP contribution in [0.3, 0.4) is 0 Å². The molecule has 0 atom stereocenters. The predicted molar refractivity (Wildman–Crippen MR) is 86.6 cm³/mol. The van der Waals surface area contributed by atoms with Gasteiger partial charge in [0.05, 0.1) is 29.7 Å². The average Bonchev–Trinajstić information content (AvgIpc) is 2.54. The minimum absolute atomic E-state index is 0.000319. The van der Waals surface area contributed by atoms with Crippen molar-refractivity contribution in [3.05, 3.63) is 53.1 Å². The summed E-state index contributed by atoms with van der Waals surface area (Å²) in [6.45, 7) is 0. The van der Waals surface area contributed by atoms with Crippen molar-refractivity contribution in [1.29, 1.82) is 0 Å². The van der Waals surface area contributed by atoms with E-state index in [-0.39, 0.29) is 9.92 Å². The van der Waals surface area contributed by atoms with Crippen molar-refractivity contribution >= 4 is 33.3 Å². The molecule has 0 saturated carbocycles. The van der Waals surface area contributed by atoms with Crippen molar-refractivity contribution in [3.8, 4) is 5.75 Å². The summed E-state index contributed by atoms with van der Waals surface area (Å²) in [5, 5.41) is 0.191. The van der Waals surface area contributed by atoms with Crippen LogP contribution in [0.15, 0.2) is 47.4 Å². The van der Waals surface area contributed by atoms with Crippen molar-refractivity contribution in [3.63, 3.8) is 0 Å². The van der Waals surface area contributed by atoms with Crippen LogP contribution in [0, 0.1) is 0 Å². The number of hydrogen-bond acceptors (Lipinski definition) is 5.